The van der Waals surface area contributed by atoms with Gasteiger partial charge >= 0.3 is 6.61 Å². The summed E-state index contributed by atoms with van der Waals surface area (Å²) in [6.07, 6.45) is 4.23. The second-order valence-electron chi connectivity index (χ2n) is 3.76. The average Bonchev–Trinajstić information content (AvgIpc) is 2.92. The highest BCUT2D eigenvalue weighted by Crippen LogP contribution is 2.24. The van der Waals surface area contributed by atoms with Crippen LogP contribution in [0.1, 0.15) is 5.56 Å². The Labute approximate surface area is 126 Å². The van der Waals surface area contributed by atoms with Crippen LogP contribution >= 0.6 is 11.8 Å². The van der Waals surface area contributed by atoms with Gasteiger partial charge in [-0.3, -0.25) is 10.1 Å². The number of non-ortho nitro benzene ring substituents is 1. The number of ether oxygens (including phenoxy) is 1. The molecule has 1 heterocycles. The van der Waals surface area contributed by atoms with E-state index in [-0.39, 0.29) is 17.0 Å². The number of hydrogen-bond donors (Lipinski definition) is 0. The zero-order chi connectivity index (χ0) is 16.1. The van der Waals surface area contributed by atoms with Crippen LogP contribution in [0.15, 0.2) is 34.8 Å². The summed E-state index contributed by atoms with van der Waals surface area (Å²) < 4.78 is 30.3. The first-order chi connectivity index (χ1) is 10.5. The van der Waals surface area contributed by atoms with Gasteiger partial charge in [-0.1, -0.05) is 11.8 Å². The fourth-order valence-electron chi connectivity index (χ4n) is 1.51. The Hall–Kier alpha value is -2.56. The van der Waals surface area contributed by atoms with Crippen molar-refractivity contribution in [1.82, 2.24) is 14.9 Å². The van der Waals surface area contributed by atoms with Crippen molar-refractivity contribution in [3.63, 3.8) is 0 Å². The van der Waals surface area contributed by atoms with E-state index in [4.69, 9.17) is 0 Å². The minimum Gasteiger partial charge on any atom is -0.434 e. The van der Waals surface area contributed by atoms with Gasteiger partial charge in [0, 0.05) is 17.7 Å². The molecule has 2 aromatic rings. The lowest BCUT2D eigenvalue weighted by Crippen LogP contribution is -2.05. The Bertz CT molecular complexity index is 707. The Kier molecular flexibility index (Phi) is 4.99. The number of nitro groups is 1. The number of benzene rings is 1. The van der Waals surface area contributed by atoms with Crippen molar-refractivity contribution in [2.45, 2.75) is 11.8 Å². The predicted molar refractivity (Wildman–Crippen MR) is 74.5 cm³/mol. The van der Waals surface area contributed by atoms with E-state index >= 15 is 0 Å². The van der Waals surface area contributed by atoms with Gasteiger partial charge in [-0.2, -0.15) is 18.6 Å². The van der Waals surface area contributed by atoms with Gasteiger partial charge in [-0.05, 0) is 12.3 Å². The highest BCUT2D eigenvalue weighted by atomic mass is 32.2. The van der Waals surface area contributed by atoms with Crippen molar-refractivity contribution in [1.29, 1.82) is 0 Å². The molecule has 0 bridgehead atoms. The molecule has 0 aliphatic heterocycles. The van der Waals surface area contributed by atoms with Gasteiger partial charge < -0.3 is 4.74 Å². The van der Waals surface area contributed by atoms with Gasteiger partial charge in [-0.15, -0.1) is 10.2 Å². The highest BCUT2D eigenvalue weighted by molar-refractivity contribution is 7.98. The maximum Gasteiger partial charge on any atom is 0.387 e. The van der Waals surface area contributed by atoms with E-state index in [1.54, 1.807) is 6.26 Å². The number of aromatic nitrogens is 3. The molecule has 0 atom stereocenters. The first-order valence-corrected chi connectivity index (χ1v) is 6.95. The molecule has 0 radical (unpaired) electrons. The molecule has 22 heavy (non-hydrogen) atoms. The largest absolute Gasteiger partial charge is 0.434 e. The smallest absolute Gasteiger partial charge is 0.387 e. The lowest BCUT2D eigenvalue weighted by atomic mass is 10.2. The molecule has 0 spiro atoms. The molecule has 0 aliphatic rings. The van der Waals surface area contributed by atoms with Crippen LogP contribution in [0.2, 0.25) is 0 Å². The molecular weight excluding hydrogens is 320 g/mol. The second kappa shape index (κ2) is 6.93. The Morgan fingerprint density at radius 3 is 2.95 bits per heavy atom. The van der Waals surface area contributed by atoms with E-state index in [2.05, 4.69) is 20.0 Å². The normalized spacial score (nSPS) is 11.3. The molecule has 0 aliphatic carbocycles. The van der Waals surface area contributed by atoms with Crippen molar-refractivity contribution in [3.05, 3.63) is 40.2 Å². The van der Waals surface area contributed by atoms with Gasteiger partial charge in [0.05, 0.1) is 11.1 Å². The molecule has 0 amide bonds. The third kappa shape index (κ3) is 3.75. The molecule has 0 unspecified atom stereocenters. The first-order valence-electron chi connectivity index (χ1n) is 5.73. The fourth-order valence-corrected chi connectivity index (χ4v) is 1.92. The van der Waals surface area contributed by atoms with E-state index < -0.39 is 11.5 Å². The van der Waals surface area contributed by atoms with Crippen LogP contribution in [0.4, 0.5) is 14.5 Å². The van der Waals surface area contributed by atoms with Crippen molar-refractivity contribution in [2.24, 2.45) is 5.10 Å². The molecule has 0 N–H and O–H groups in total. The monoisotopic (exact) mass is 329 g/mol. The minimum absolute atomic E-state index is 0.0373. The lowest BCUT2D eigenvalue weighted by Gasteiger charge is -2.07. The Morgan fingerprint density at radius 2 is 2.32 bits per heavy atom. The SMILES string of the molecule is CSc1nncn1/N=C\c1cc([N+](=O)[O-])ccc1OC(F)F. The zero-order valence-corrected chi connectivity index (χ0v) is 11.9. The molecular formula is C11H9F2N5O3S. The fraction of sp³-hybridized carbons (Fsp3) is 0.182. The van der Waals surface area contributed by atoms with Crippen molar-refractivity contribution < 1.29 is 18.4 Å². The van der Waals surface area contributed by atoms with Crippen LogP contribution in [0.5, 0.6) is 5.75 Å². The van der Waals surface area contributed by atoms with Gasteiger partial charge in [0.25, 0.3) is 5.69 Å². The summed E-state index contributed by atoms with van der Waals surface area (Å²) in [5.41, 5.74) is -0.229. The molecule has 0 fully saturated rings. The summed E-state index contributed by atoms with van der Waals surface area (Å²) in [6.45, 7) is -3.05. The van der Waals surface area contributed by atoms with E-state index in [1.165, 1.54) is 22.8 Å². The van der Waals surface area contributed by atoms with Crippen LogP contribution in [0.3, 0.4) is 0 Å². The molecule has 0 saturated heterocycles. The van der Waals surface area contributed by atoms with Crippen molar-refractivity contribution >= 4 is 23.7 Å². The molecule has 1 aromatic heterocycles. The van der Waals surface area contributed by atoms with Gasteiger partial charge in [0.2, 0.25) is 5.16 Å². The molecule has 11 heteroatoms. The molecule has 116 valence electrons. The van der Waals surface area contributed by atoms with E-state index in [0.29, 0.717) is 5.16 Å². The topological polar surface area (TPSA) is 95.4 Å². The van der Waals surface area contributed by atoms with E-state index in [1.807, 2.05) is 0 Å². The summed E-state index contributed by atoms with van der Waals surface area (Å²) in [4.78, 5) is 10.1. The van der Waals surface area contributed by atoms with Crippen LogP contribution in [-0.4, -0.2) is 38.9 Å². The number of halogens is 2. The number of hydrogen-bond acceptors (Lipinski definition) is 7. The van der Waals surface area contributed by atoms with Crippen LogP contribution in [0.25, 0.3) is 0 Å². The first kappa shape index (κ1) is 15.8. The number of thioether (sulfide) groups is 1. The van der Waals surface area contributed by atoms with Crippen LogP contribution in [-0.2, 0) is 0 Å². The average molecular weight is 329 g/mol. The summed E-state index contributed by atoms with van der Waals surface area (Å²) in [5, 5.41) is 22.6. The summed E-state index contributed by atoms with van der Waals surface area (Å²) in [6, 6.07) is 3.25. The summed E-state index contributed by atoms with van der Waals surface area (Å²) in [5.74, 6) is -0.219. The third-order valence-electron chi connectivity index (χ3n) is 2.42. The maximum absolute atomic E-state index is 12.4. The quantitative estimate of drug-likeness (QED) is 0.349. The van der Waals surface area contributed by atoms with Crippen molar-refractivity contribution in [2.75, 3.05) is 6.26 Å². The zero-order valence-electron chi connectivity index (χ0n) is 11.1. The van der Waals surface area contributed by atoms with Crippen molar-refractivity contribution in [3.8, 4) is 5.75 Å². The Balaban J connectivity index is 2.37. The predicted octanol–water partition coefficient (Wildman–Crippen LogP) is 2.39. The Morgan fingerprint density at radius 1 is 1.55 bits per heavy atom. The molecule has 0 saturated carbocycles. The number of nitrogens with zero attached hydrogens (tertiary/aromatic N) is 5. The number of alkyl halides is 2. The van der Waals surface area contributed by atoms with Gasteiger partial charge in [0.15, 0.2) is 0 Å². The third-order valence-corrected chi connectivity index (χ3v) is 3.06. The van der Waals surface area contributed by atoms with Crippen LogP contribution in [0, 0.1) is 10.1 Å². The molecule has 1 aromatic carbocycles. The number of rotatable bonds is 6. The lowest BCUT2D eigenvalue weighted by molar-refractivity contribution is -0.384. The summed E-state index contributed by atoms with van der Waals surface area (Å²) in [7, 11) is 0. The highest BCUT2D eigenvalue weighted by Gasteiger charge is 2.14. The molecule has 8 nitrogen and oxygen atoms in total. The van der Waals surface area contributed by atoms with Crippen LogP contribution < -0.4 is 4.74 Å². The standard InChI is InChI=1S/C11H9F2N5O3S/c1-22-11-16-14-6-17(11)15-5-7-4-8(18(19)20)2-3-9(7)21-10(12)13/h2-6,10H,1H3/b15-5-. The van der Waals surface area contributed by atoms with Gasteiger partial charge in [0.1, 0.15) is 12.1 Å². The second-order valence-corrected chi connectivity index (χ2v) is 4.54. The van der Waals surface area contributed by atoms with E-state index in [9.17, 15) is 18.9 Å². The minimum atomic E-state index is -3.05. The maximum atomic E-state index is 12.4. The summed E-state index contributed by atoms with van der Waals surface area (Å²) >= 11 is 1.28. The molecule has 2 rings (SSSR count). The van der Waals surface area contributed by atoms with Gasteiger partial charge in [-0.25, -0.2) is 0 Å². The van der Waals surface area contributed by atoms with E-state index in [0.717, 1.165) is 24.4 Å². The number of nitro benzene ring substituents is 1.